The number of pyridine rings is 1. The van der Waals surface area contributed by atoms with Crippen LogP contribution in [0.15, 0.2) is 29.1 Å². The molecule has 23 heavy (non-hydrogen) atoms. The van der Waals surface area contributed by atoms with Crippen LogP contribution in [-0.2, 0) is 12.8 Å². The molecule has 0 fully saturated rings. The number of aromatic nitrogens is 1. The number of amides is 1. The van der Waals surface area contributed by atoms with Crippen molar-refractivity contribution in [3.05, 3.63) is 51.4 Å². The monoisotopic (exact) mass is 314 g/mol. The zero-order valence-corrected chi connectivity index (χ0v) is 13.1. The molecule has 0 saturated carbocycles. The number of carbonyl (C=O) groups is 1. The Labute approximate surface area is 133 Å². The predicted octanol–water partition coefficient (Wildman–Crippen LogP) is 2.13. The van der Waals surface area contributed by atoms with Gasteiger partial charge in [-0.25, -0.2) is 0 Å². The Bertz CT molecular complexity index is 811. The number of benzene rings is 1. The second-order valence-corrected chi connectivity index (χ2v) is 5.39. The lowest BCUT2D eigenvalue weighted by molar-refractivity contribution is 0.102. The van der Waals surface area contributed by atoms with Gasteiger partial charge >= 0.3 is 0 Å². The lowest BCUT2D eigenvalue weighted by Gasteiger charge is -2.12. The molecule has 6 nitrogen and oxygen atoms in total. The molecular formula is C17H18N2O4. The maximum atomic E-state index is 12.5. The van der Waals surface area contributed by atoms with E-state index in [0.717, 1.165) is 30.5 Å². The highest BCUT2D eigenvalue weighted by atomic mass is 16.5. The van der Waals surface area contributed by atoms with Gasteiger partial charge in [-0.1, -0.05) is 0 Å². The number of methoxy groups -OCH3 is 2. The van der Waals surface area contributed by atoms with Gasteiger partial charge in [0.2, 0.25) is 0 Å². The van der Waals surface area contributed by atoms with Crippen molar-refractivity contribution in [1.29, 1.82) is 0 Å². The van der Waals surface area contributed by atoms with Gasteiger partial charge in [0, 0.05) is 11.8 Å². The van der Waals surface area contributed by atoms with E-state index in [1.165, 1.54) is 7.11 Å². The first-order valence-electron chi connectivity index (χ1n) is 7.41. The van der Waals surface area contributed by atoms with Gasteiger partial charge in [-0.15, -0.1) is 0 Å². The Balaban J connectivity index is 1.92. The molecule has 120 valence electrons. The third-order valence-corrected chi connectivity index (χ3v) is 3.99. The van der Waals surface area contributed by atoms with Gasteiger partial charge in [0.05, 0.1) is 19.9 Å². The summed E-state index contributed by atoms with van der Waals surface area (Å²) in [6, 6.07) is 6.76. The standard InChI is InChI=1S/C17H18N2O4/c1-22-11-6-7-15(23-2)14(9-11)19-17(21)12-8-10-4-3-5-13(10)18-16(12)20/h6-9H,3-5H2,1-2H3,(H,18,20)(H,19,21). The fourth-order valence-electron chi connectivity index (χ4n) is 2.78. The van der Waals surface area contributed by atoms with Crippen molar-refractivity contribution in [3.63, 3.8) is 0 Å². The first kappa shape index (κ1) is 15.1. The number of rotatable bonds is 4. The molecule has 2 aromatic rings. The summed E-state index contributed by atoms with van der Waals surface area (Å²) in [6.45, 7) is 0. The van der Waals surface area contributed by atoms with E-state index >= 15 is 0 Å². The van der Waals surface area contributed by atoms with Crippen LogP contribution in [0.5, 0.6) is 11.5 Å². The zero-order chi connectivity index (χ0) is 16.4. The third kappa shape index (κ3) is 2.92. The minimum absolute atomic E-state index is 0.107. The molecule has 0 spiro atoms. The molecule has 1 aromatic carbocycles. The van der Waals surface area contributed by atoms with Gasteiger partial charge in [-0.2, -0.15) is 0 Å². The SMILES string of the molecule is COc1ccc(OC)c(NC(=O)c2cc3c([nH]c2=O)CCC3)c1. The van der Waals surface area contributed by atoms with Crippen LogP contribution in [0, 0.1) is 0 Å². The van der Waals surface area contributed by atoms with Crippen LogP contribution in [0.25, 0.3) is 0 Å². The topological polar surface area (TPSA) is 80.4 Å². The number of H-pyrrole nitrogens is 1. The molecule has 0 bridgehead atoms. The van der Waals surface area contributed by atoms with E-state index in [2.05, 4.69) is 10.3 Å². The van der Waals surface area contributed by atoms with E-state index in [-0.39, 0.29) is 11.1 Å². The maximum absolute atomic E-state index is 12.5. The smallest absolute Gasteiger partial charge is 0.261 e. The molecule has 0 radical (unpaired) electrons. The third-order valence-electron chi connectivity index (χ3n) is 3.99. The van der Waals surface area contributed by atoms with Gasteiger partial charge < -0.3 is 19.8 Å². The maximum Gasteiger partial charge on any atom is 0.261 e. The summed E-state index contributed by atoms with van der Waals surface area (Å²) in [5, 5.41) is 2.72. The van der Waals surface area contributed by atoms with Gasteiger partial charge in [0.25, 0.3) is 11.5 Å². The molecule has 0 saturated heterocycles. The second-order valence-electron chi connectivity index (χ2n) is 5.39. The number of hydrogen-bond donors (Lipinski definition) is 2. The molecule has 1 heterocycles. The summed E-state index contributed by atoms with van der Waals surface area (Å²) in [6.07, 6.45) is 2.74. The first-order chi connectivity index (χ1) is 11.1. The van der Waals surface area contributed by atoms with Crippen LogP contribution in [0.2, 0.25) is 0 Å². The predicted molar refractivity (Wildman–Crippen MR) is 86.6 cm³/mol. The number of nitrogens with one attached hydrogen (secondary N) is 2. The molecule has 0 aliphatic heterocycles. The molecule has 6 heteroatoms. The van der Waals surface area contributed by atoms with E-state index in [9.17, 15) is 9.59 Å². The summed E-state index contributed by atoms with van der Waals surface area (Å²) in [5.74, 6) is 0.619. The Morgan fingerprint density at radius 2 is 2.00 bits per heavy atom. The van der Waals surface area contributed by atoms with Crippen LogP contribution < -0.4 is 20.3 Å². The number of aromatic amines is 1. The highest BCUT2D eigenvalue weighted by Gasteiger charge is 2.19. The summed E-state index contributed by atoms with van der Waals surface area (Å²) in [4.78, 5) is 27.4. The van der Waals surface area contributed by atoms with Gasteiger partial charge in [-0.05, 0) is 43.0 Å². The van der Waals surface area contributed by atoms with Crippen molar-refractivity contribution >= 4 is 11.6 Å². The number of aryl methyl sites for hydroxylation is 2. The normalized spacial score (nSPS) is 12.6. The van der Waals surface area contributed by atoms with Crippen LogP contribution in [0.4, 0.5) is 5.69 Å². The Kier molecular flexibility index (Phi) is 4.06. The molecule has 1 aromatic heterocycles. The first-order valence-corrected chi connectivity index (χ1v) is 7.41. The average Bonchev–Trinajstić information content (AvgIpc) is 3.00. The molecule has 0 unspecified atom stereocenters. The number of carbonyl (C=O) groups excluding carboxylic acids is 1. The number of fused-ring (bicyclic) bond motifs is 1. The number of hydrogen-bond acceptors (Lipinski definition) is 4. The minimum Gasteiger partial charge on any atom is -0.497 e. The highest BCUT2D eigenvalue weighted by molar-refractivity contribution is 6.05. The van der Waals surface area contributed by atoms with E-state index < -0.39 is 5.91 Å². The van der Waals surface area contributed by atoms with Crippen LogP contribution >= 0.6 is 0 Å². The fraction of sp³-hybridized carbons (Fsp3) is 0.294. The number of anilines is 1. The molecule has 2 N–H and O–H groups in total. The summed E-state index contributed by atoms with van der Waals surface area (Å²) < 4.78 is 10.4. The van der Waals surface area contributed by atoms with Crippen LogP contribution in [0.1, 0.15) is 28.0 Å². The van der Waals surface area contributed by atoms with E-state index in [1.807, 2.05) is 0 Å². The minimum atomic E-state index is -0.465. The Morgan fingerprint density at radius 3 is 2.74 bits per heavy atom. The molecule has 3 rings (SSSR count). The van der Waals surface area contributed by atoms with Crippen molar-refractivity contribution in [1.82, 2.24) is 4.98 Å². The van der Waals surface area contributed by atoms with Gasteiger partial charge in [0.15, 0.2) is 0 Å². The molecule has 1 aliphatic carbocycles. The van der Waals surface area contributed by atoms with Crippen molar-refractivity contribution in [2.75, 3.05) is 19.5 Å². The molecule has 1 amide bonds. The van der Waals surface area contributed by atoms with Crippen molar-refractivity contribution < 1.29 is 14.3 Å². The van der Waals surface area contributed by atoms with Crippen molar-refractivity contribution in [2.24, 2.45) is 0 Å². The Morgan fingerprint density at radius 1 is 1.17 bits per heavy atom. The molecule has 0 atom stereocenters. The quantitative estimate of drug-likeness (QED) is 0.906. The van der Waals surface area contributed by atoms with Crippen LogP contribution in [0.3, 0.4) is 0 Å². The molecule has 1 aliphatic rings. The van der Waals surface area contributed by atoms with E-state index in [4.69, 9.17) is 9.47 Å². The summed E-state index contributed by atoms with van der Waals surface area (Å²) >= 11 is 0. The van der Waals surface area contributed by atoms with Gasteiger partial charge in [-0.3, -0.25) is 9.59 Å². The fourth-order valence-corrected chi connectivity index (χ4v) is 2.78. The summed E-state index contributed by atoms with van der Waals surface area (Å²) in [7, 11) is 3.05. The molecular weight excluding hydrogens is 296 g/mol. The Hall–Kier alpha value is -2.76. The van der Waals surface area contributed by atoms with E-state index in [1.54, 1.807) is 31.4 Å². The second kappa shape index (κ2) is 6.16. The number of ether oxygens (including phenoxy) is 2. The van der Waals surface area contributed by atoms with Crippen LogP contribution in [-0.4, -0.2) is 25.1 Å². The van der Waals surface area contributed by atoms with Gasteiger partial charge in [0.1, 0.15) is 17.1 Å². The zero-order valence-electron chi connectivity index (χ0n) is 13.1. The van der Waals surface area contributed by atoms with E-state index in [0.29, 0.717) is 17.2 Å². The lowest BCUT2D eigenvalue weighted by atomic mass is 10.1. The summed E-state index contributed by atoms with van der Waals surface area (Å²) in [5.41, 5.74) is 2.16. The van der Waals surface area contributed by atoms with Crippen molar-refractivity contribution in [3.8, 4) is 11.5 Å². The average molecular weight is 314 g/mol. The largest absolute Gasteiger partial charge is 0.497 e. The lowest BCUT2D eigenvalue weighted by Crippen LogP contribution is -2.24. The highest BCUT2D eigenvalue weighted by Crippen LogP contribution is 2.29. The van der Waals surface area contributed by atoms with Crippen molar-refractivity contribution in [2.45, 2.75) is 19.3 Å².